The van der Waals surface area contributed by atoms with Crippen LogP contribution in [0.1, 0.15) is 18.9 Å². The highest BCUT2D eigenvalue weighted by Crippen LogP contribution is 2.16. The van der Waals surface area contributed by atoms with E-state index in [1.807, 2.05) is 6.92 Å². The molecule has 0 aromatic carbocycles. The number of nitrogens with zero attached hydrogens (tertiary/aromatic N) is 1. The Morgan fingerprint density at radius 3 is 2.80 bits per heavy atom. The number of likely N-dealkylation sites (N-methyl/N-ethyl adjacent to an activating group) is 1. The van der Waals surface area contributed by atoms with Gasteiger partial charge in [-0.3, -0.25) is 4.98 Å². The van der Waals surface area contributed by atoms with Gasteiger partial charge in [-0.1, -0.05) is 6.92 Å². The van der Waals surface area contributed by atoms with Crippen molar-refractivity contribution in [1.29, 1.82) is 0 Å². The topological polar surface area (TPSA) is 60.2 Å². The van der Waals surface area contributed by atoms with E-state index in [-0.39, 0.29) is 12.6 Å². The minimum atomic E-state index is -4.28. The van der Waals surface area contributed by atoms with Crippen LogP contribution in [0.25, 0.3) is 0 Å². The van der Waals surface area contributed by atoms with E-state index in [2.05, 4.69) is 15.0 Å². The van der Waals surface area contributed by atoms with Crippen molar-refractivity contribution >= 4 is 5.69 Å². The molecule has 1 aromatic heterocycles. The van der Waals surface area contributed by atoms with Crippen LogP contribution in [0.4, 0.5) is 18.9 Å². The van der Waals surface area contributed by atoms with Crippen molar-refractivity contribution in [3.05, 3.63) is 24.0 Å². The average molecular weight is 291 g/mol. The van der Waals surface area contributed by atoms with Crippen molar-refractivity contribution in [2.24, 2.45) is 0 Å². The van der Waals surface area contributed by atoms with E-state index in [0.717, 1.165) is 12.1 Å². The minimum absolute atomic E-state index is 0.0136. The highest BCUT2D eigenvalue weighted by atomic mass is 19.4. The number of aromatic nitrogens is 1. The maximum atomic E-state index is 12.0. The Hall–Kier alpha value is -1.34. The van der Waals surface area contributed by atoms with Gasteiger partial charge in [-0.15, -0.1) is 0 Å². The van der Waals surface area contributed by atoms with Crippen LogP contribution in [0.2, 0.25) is 0 Å². The highest BCUT2D eigenvalue weighted by molar-refractivity contribution is 5.44. The van der Waals surface area contributed by atoms with Crippen LogP contribution < -0.4 is 11.1 Å². The van der Waals surface area contributed by atoms with Gasteiger partial charge in [0.2, 0.25) is 0 Å². The van der Waals surface area contributed by atoms with Gasteiger partial charge < -0.3 is 15.8 Å². The molecule has 0 spiro atoms. The predicted molar refractivity (Wildman–Crippen MR) is 71.3 cm³/mol. The Labute approximate surface area is 116 Å². The summed E-state index contributed by atoms with van der Waals surface area (Å²) >= 11 is 0. The number of nitrogens with two attached hydrogens (primary N) is 1. The quantitative estimate of drug-likeness (QED) is 0.721. The number of alkyl halides is 3. The molecule has 1 heterocycles. The number of halogens is 3. The van der Waals surface area contributed by atoms with Crippen LogP contribution in [0.3, 0.4) is 0 Å². The van der Waals surface area contributed by atoms with Crippen LogP contribution >= 0.6 is 0 Å². The fraction of sp³-hybridized carbons (Fsp3) is 0.615. The van der Waals surface area contributed by atoms with E-state index in [1.165, 1.54) is 0 Å². The number of hydrogen-bond acceptors (Lipinski definition) is 4. The lowest BCUT2D eigenvalue weighted by atomic mass is 10.0. The lowest BCUT2D eigenvalue weighted by Gasteiger charge is -2.19. The van der Waals surface area contributed by atoms with Gasteiger partial charge in [-0.05, 0) is 31.0 Å². The van der Waals surface area contributed by atoms with E-state index in [4.69, 9.17) is 5.73 Å². The Balaban J connectivity index is 2.43. The van der Waals surface area contributed by atoms with Crippen LogP contribution in [0, 0.1) is 0 Å². The summed E-state index contributed by atoms with van der Waals surface area (Å²) in [6.45, 7) is 1.51. The van der Waals surface area contributed by atoms with Crippen molar-refractivity contribution in [1.82, 2.24) is 10.3 Å². The first-order valence-electron chi connectivity index (χ1n) is 6.48. The molecular weight excluding hydrogens is 271 g/mol. The van der Waals surface area contributed by atoms with E-state index in [1.54, 1.807) is 18.5 Å². The summed E-state index contributed by atoms with van der Waals surface area (Å²) in [7, 11) is 0. The van der Waals surface area contributed by atoms with Crippen molar-refractivity contribution in [3.8, 4) is 0 Å². The fourth-order valence-electron chi connectivity index (χ4n) is 1.85. The molecule has 0 aliphatic rings. The van der Waals surface area contributed by atoms with Gasteiger partial charge in [0.25, 0.3) is 0 Å². The summed E-state index contributed by atoms with van der Waals surface area (Å²) < 4.78 is 40.5. The molecule has 0 saturated carbocycles. The summed E-state index contributed by atoms with van der Waals surface area (Å²) in [5.74, 6) is 0. The molecule has 1 atom stereocenters. The molecule has 20 heavy (non-hydrogen) atoms. The first-order valence-corrected chi connectivity index (χ1v) is 6.48. The molecule has 3 N–H and O–H groups in total. The van der Waals surface area contributed by atoms with Gasteiger partial charge in [-0.25, -0.2) is 0 Å². The van der Waals surface area contributed by atoms with Gasteiger partial charge in [-0.2, -0.15) is 13.2 Å². The van der Waals surface area contributed by atoms with Gasteiger partial charge in [0, 0.05) is 30.7 Å². The van der Waals surface area contributed by atoms with E-state index in [0.29, 0.717) is 18.5 Å². The van der Waals surface area contributed by atoms with Crippen LogP contribution in [-0.2, 0) is 11.2 Å². The molecule has 7 heteroatoms. The number of nitrogen functional groups attached to an aromatic ring is 1. The molecule has 0 fully saturated rings. The van der Waals surface area contributed by atoms with Crippen LogP contribution in [0.5, 0.6) is 0 Å². The second-order valence-corrected chi connectivity index (χ2v) is 4.49. The lowest BCUT2D eigenvalue weighted by Crippen LogP contribution is -2.33. The maximum absolute atomic E-state index is 12.0. The number of ether oxygens (including phenoxy) is 1. The molecule has 0 aliphatic heterocycles. The Kier molecular flexibility index (Phi) is 6.74. The van der Waals surface area contributed by atoms with Gasteiger partial charge in [0.15, 0.2) is 0 Å². The molecule has 0 aliphatic carbocycles. The molecule has 1 rings (SSSR count). The number of nitrogens with one attached hydrogen (secondary N) is 1. The normalized spacial score (nSPS) is 13.4. The maximum Gasteiger partial charge on any atom is 0.411 e. The summed E-state index contributed by atoms with van der Waals surface area (Å²) in [4.78, 5) is 4.00. The Bertz CT molecular complexity index is 399. The summed E-state index contributed by atoms with van der Waals surface area (Å²) in [5, 5.41) is 3.21. The SMILES string of the molecule is CCNC(CCOCC(F)(F)F)Cc1cnccc1N. The van der Waals surface area contributed by atoms with Gasteiger partial charge in [0.1, 0.15) is 6.61 Å². The number of hydrogen-bond donors (Lipinski definition) is 2. The minimum Gasteiger partial charge on any atom is -0.398 e. The molecule has 4 nitrogen and oxygen atoms in total. The molecule has 0 amide bonds. The number of pyridine rings is 1. The zero-order valence-corrected chi connectivity index (χ0v) is 11.4. The molecule has 1 unspecified atom stereocenters. The molecule has 0 saturated heterocycles. The molecule has 0 bridgehead atoms. The summed E-state index contributed by atoms with van der Waals surface area (Å²) in [6, 6.07) is 1.72. The smallest absolute Gasteiger partial charge is 0.398 e. The predicted octanol–water partition coefficient (Wildman–Crippen LogP) is 2.15. The van der Waals surface area contributed by atoms with Crippen molar-refractivity contribution < 1.29 is 17.9 Å². The first-order chi connectivity index (χ1) is 9.42. The molecule has 1 aromatic rings. The molecular formula is C13H20F3N3O. The zero-order valence-electron chi connectivity index (χ0n) is 11.4. The van der Waals surface area contributed by atoms with E-state index < -0.39 is 12.8 Å². The monoisotopic (exact) mass is 291 g/mol. The summed E-state index contributed by atoms with van der Waals surface area (Å²) in [5.41, 5.74) is 7.35. The van der Waals surface area contributed by atoms with Gasteiger partial charge in [0.05, 0.1) is 0 Å². The third kappa shape index (κ3) is 6.72. The van der Waals surface area contributed by atoms with Crippen LogP contribution in [-0.4, -0.2) is 37.0 Å². The number of rotatable bonds is 8. The summed E-state index contributed by atoms with van der Waals surface area (Å²) in [6.07, 6.45) is 0.104. The largest absolute Gasteiger partial charge is 0.411 e. The third-order valence-corrected chi connectivity index (χ3v) is 2.78. The molecule has 114 valence electrons. The highest BCUT2D eigenvalue weighted by Gasteiger charge is 2.27. The average Bonchev–Trinajstić information content (AvgIpc) is 2.36. The fourth-order valence-corrected chi connectivity index (χ4v) is 1.85. The third-order valence-electron chi connectivity index (χ3n) is 2.78. The van der Waals surface area contributed by atoms with E-state index >= 15 is 0 Å². The van der Waals surface area contributed by atoms with Crippen LogP contribution in [0.15, 0.2) is 18.5 Å². The standard InChI is InChI=1S/C13H20F3N3O/c1-2-19-11(4-6-20-9-13(14,15)16)7-10-8-18-5-3-12(10)17/h3,5,8,11,19H,2,4,6-7,9H2,1H3,(H2,17,18). The first kappa shape index (κ1) is 16.7. The molecule has 0 radical (unpaired) electrons. The van der Waals surface area contributed by atoms with E-state index in [9.17, 15) is 13.2 Å². The van der Waals surface area contributed by atoms with Gasteiger partial charge >= 0.3 is 6.18 Å². The van der Waals surface area contributed by atoms with Crippen molar-refractivity contribution in [2.45, 2.75) is 32.0 Å². The second kappa shape index (κ2) is 8.06. The van der Waals surface area contributed by atoms with Crippen molar-refractivity contribution in [2.75, 3.05) is 25.5 Å². The number of anilines is 1. The Morgan fingerprint density at radius 2 is 2.20 bits per heavy atom. The zero-order chi connectivity index (χ0) is 15.0. The Morgan fingerprint density at radius 1 is 1.45 bits per heavy atom. The van der Waals surface area contributed by atoms with Crippen molar-refractivity contribution in [3.63, 3.8) is 0 Å². The lowest BCUT2D eigenvalue weighted by molar-refractivity contribution is -0.174. The second-order valence-electron chi connectivity index (χ2n) is 4.49.